The van der Waals surface area contributed by atoms with Gasteiger partial charge in [-0.3, -0.25) is 5.43 Å². The molecule has 5 nitrogen and oxygen atoms in total. The van der Waals surface area contributed by atoms with Crippen molar-refractivity contribution in [2.24, 2.45) is 5.84 Å². The molecule has 2 amide bonds. The highest BCUT2D eigenvalue weighted by Gasteiger charge is 2.15. The third-order valence-corrected chi connectivity index (χ3v) is 1.67. The smallest absolute Gasteiger partial charge is 0.331 e. The standard InChI is InChI=1S/C6H15N3O2/c1-3-5(4-10)9(2)6(11)8-7/h5,10H,3-4,7H2,1-2H3,(H,8,11). The molecule has 0 aliphatic heterocycles. The van der Waals surface area contributed by atoms with Crippen LogP contribution >= 0.6 is 0 Å². The molecular formula is C6H15N3O2. The zero-order chi connectivity index (χ0) is 8.85. The lowest BCUT2D eigenvalue weighted by Gasteiger charge is -2.24. The minimum absolute atomic E-state index is 0.0413. The van der Waals surface area contributed by atoms with Gasteiger partial charge in [-0.25, -0.2) is 10.6 Å². The summed E-state index contributed by atoms with van der Waals surface area (Å²) in [6.45, 7) is 1.85. The second kappa shape index (κ2) is 4.92. The summed E-state index contributed by atoms with van der Waals surface area (Å²) < 4.78 is 0. The first-order chi connectivity index (χ1) is 5.17. The third-order valence-electron chi connectivity index (χ3n) is 1.67. The Labute approximate surface area is 66.1 Å². The van der Waals surface area contributed by atoms with Gasteiger partial charge < -0.3 is 10.0 Å². The van der Waals surface area contributed by atoms with E-state index in [0.717, 1.165) is 0 Å². The molecule has 4 N–H and O–H groups in total. The summed E-state index contributed by atoms with van der Waals surface area (Å²) >= 11 is 0. The van der Waals surface area contributed by atoms with Crippen molar-refractivity contribution < 1.29 is 9.90 Å². The Hall–Kier alpha value is -0.810. The average molecular weight is 161 g/mol. The van der Waals surface area contributed by atoms with E-state index in [-0.39, 0.29) is 18.7 Å². The van der Waals surface area contributed by atoms with E-state index in [4.69, 9.17) is 10.9 Å². The van der Waals surface area contributed by atoms with Crippen LogP contribution in [-0.2, 0) is 0 Å². The van der Waals surface area contributed by atoms with Gasteiger partial charge in [0.25, 0.3) is 0 Å². The van der Waals surface area contributed by atoms with Gasteiger partial charge in [0.2, 0.25) is 0 Å². The van der Waals surface area contributed by atoms with E-state index in [1.807, 2.05) is 12.3 Å². The predicted octanol–water partition coefficient (Wildman–Crippen LogP) is -0.728. The Kier molecular flexibility index (Phi) is 4.56. The first kappa shape index (κ1) is 10.2. The van der Waals surface area contributed by atoms with Gasteiger partial charge in [0.1, 0.15) is 0 Å². The Morgan fingerprint density at radius 2 is 2.36 bits per heavy atom. The van der Waals surface area contributed by atoms with Crippen LogP contribution in [0.5, 0.6) is 0 Å². The molecule has 0 bridgehead atoms. The molecule has 0 aromatic rings. The molecular weight excluding hydrogens is 146 g/mol. The van der Waals surface area contributed by atoms with Crippen LogP contribution in [0.3, 0.4) is 0 Å². The second-order valence-electron chi connectivity index (χ2n) is 2.31. The molecule has 1 unspecified atom stereocenters. The van der Waals surface area contributed by atoms with Crippen LogP contribution in [0.2, 0.25) is 0 Å². The number of rotatable bonds is 3. The predicted molar refractivity (Wildman–Crippen MR) is 41.6 cm³/mol. The molecule has 0 aliphatic carbocycles. The highest BCUT2D eigenvalue weighted by atomic mass is 16.3. The van der Waals surface area contributed by atoms with Crippen molar-refractivity contribution in [1.29, 1.82) is 0 Å². The number of nitrogens with zero attached hydrogens (tertiary/aromatic N) is 1. The van der Waals surface area contributed by atoms with Crippen LogP contribution in [0, 0.1) is 0 Å². The number of nitrogens with two attached hydrogens (primary N) is 1. The van der Waals surface area contributed by atoms with Crippen LogP contribution in [0.15, 0.2) is 0 Å². The number of carbonyl (C=O) groups is 1. The molecule has 66 valence electrons. The van der Waals surface area contributed by atoms with E-state index in [2.05, 4.69) is 0 Å². The molecule has 0 saturated carbocycles. The van der Waals surface area contributed by atoms with E-state index in [1.54, 1.807) is 7.05 Å². The topological polar surface area (TPSA) is 78.6 Å². The van der Waals surface area contributed by atoms with Crippen molar-refractivity contribution in [1.82, 2.24) is 10.3 Å². The number of urea groups is 1. The quantitative estimate of drug-likeness (QED) is 0.290. The second-order valence-corrected chi connectivity index (χ2v) is 2.31. The summed E-state index contributed by atoms with van der Waals surface area (Å²) in [6.07, 6.45) is 0.709. The number of carbonyl (C=O) groups excluding carboxylic acids is 1. The lowest BCUT2D eigenvalue weighted by molar-refractivity contribution is 0.147. The number of amides is 2. The van der Waals surface area contributed by atoms with E-state index in [1.165, 1.54) is 4.90 Å². The minimum Gasteiger partial charge on any atom is -0.394 e. The van der Waals surface area contributed by atoms with Crippen molar-refractivity contribution in [2.75, 3.05) is 13.7 Å². The van der Waals surface area contributed by atoms with Crippen LogP contribution in [0.1, 0.15) is 13.3 Å². The van der Waals surface area contributed by atoms with E-state index in [0.29, 0.717) is 6.42 Å². The Morgan fingerprint density at radius 1 is 1.82 bits per heavy atom. The number of likely N-dealkylation sites (N-methyl/N-ethyl adjacent to an activating group) is 1. The molecule has 0 saturated heterocycles. The van der Waals surface area contributed by atoms with Gasteiger partial charge in [0.05, 0.1) is 12.6 Å². The molecule has 11 heavy (non-hydrogen) atoms. The fourth-order valence-electron chi connectivity index (χ4n) is 0.793. The Balaban J connectivity index is 3.97. The van der Waals surface area contributed by atoms with Crippen LogP contribution in [0.25, 0.3) is 0 Å². The first-order valence-corrected chi connectivity index (χ1v) is 3.51. The molecule has 0 fully saturated rings. The minimum atomic E-state index is -0.383. The molecule has 0 rings (SSSR count). The Bertz CT molecular complexity index is 125. The van der Waals surface area contributed by atoms with E-state index in [9.17, 15) is 4.79 Å². The number of aliphatic hydroxyl groups excluding tert-OH is 1. The molecule has 0 radical (unpaired) electrons. The SMILES string of the molecule is CCC(CO)N(C)C(=O)NN. The highest BCUT2D eigenvalue weighted by molar-refractivity contribution is 5.73. The molecule has 5 heteroatoms. The number of hydrogen-bond acceptors (Lipinski definition) is 3. The van der Waals surface area contributed by atoms with Gasteiger partial charge in [-0.1, -0.05) is 6.92 Å². The summed E-state index contributed by atoms with van der Waals surface area (Å²) in [5.41, 5.74) is 1.99. The monoisotopic (exact) mass is 161 g/mol. The zero-order valence-corrected chi connectivity index (χ0v) is 6.87. The van der Waals surface area contributed by atoms with E-state index >= 15 is 0 Å². The lowest BCUT2D eigenvalue weighted by atomic mass is 10.2. The van der Waals surface area contributed by atoms with Crippen molar-refractivity contribution in [3.05, 3.63) is 0 Å². The van der Waals surface area contributed by atoms with Crippen LogP contribution < -0.4 is 11.3 Å². The number of hydrogen-bond donors (Lipinski definition) is 3. The van der Waals surface area contributed by atoms with Crippen LogP contribution in [-0.4, -0.2) is 35.7 Å². The van der Waals surface area contributed by atoms with Crippen LogP contribution in [0.4, 0.5) is 4.79 Å². The van der Waals surface area contributed by atoms with E-state index < -0.39 is 0 Å². The highest BCUT2D eigenvalue weighted by Crippen LogP contribution is 1.99. The molecule has 1 atom stereocenters. The summed E-state index contributed by atoms with van der Waals surface area (Å²) in [6, 6.07) is -0.538. The molecule has 0 aliphatic rings. The number of aliphatic hydroxyl groups is 1. The van der Waals surface area contributed by atoms with Gasteiger partial charge in [-0.15, -0.1) is 0 Å². The summed E-state index contributed by atoms with van der Waals surface area (Å²) in [4.78, 5) is 12.2. The van der Waals surface area contributed by atoms with Gasteiger partial charge in [-0.05, 0) is 6.42 Å². The molecule has 0 aromatic heterocycles. The maximum absolute atomic E-state index is 10.8. The van der Waals surface area contributed by atoms with Crippen molar-refractivity contribution in [2.45, 2.75) is 19.4 Å². The zero-order valence-electron chi connectivity index (χ0n) is 6.87. The number of nitrogens with one attached hydrogen (secondary N) is 1. The number of hydrazine groups is 1. The van der Waals surface area contributed by atoms with Gasteiger partial charge in [-0.2, -0.15) is 0 Å². The van der Waals surface area contributed by atoms with Crippen molar-refractivity contribution in [3.8, 4) is 0 Å². The summed E-state index contributed by atoms with van der Waals surface area (Å²) in [5, 5.41) is 8.78. The average Bonchev–Trinajstić information content (AvgIpc) is 2.05. The van der Waals surface area contributed by atoms with Gasteiger partial charge in [0.15, 0.2) is 0 Å². The van der Waals surface area contributed by atoms with Crippen molar-refractivity contribution in [3.63, 3.8) is 0 Å². The fourth-order valence-corrected chi connectivity index (χ4v) is 0.793. The maximum Gasteiger partial charge on any atom is 0.331 e. The normalized spacial score (nSPS) is 12.4. The molecule has 0 spiro atoms. The fraction of sp³-hybridized carbons (Fsp3) is 0.833. The Morgan fingerprint density at radius 3 is 2.64 bits per heavy atom. The third kappa shape index (κ3) is 2.73. The molecule has 0 aromatic carbocycles. The van der Waals surface area contributed by atoms with Gasteiger partial charge in [0, 0.05) is 7.05 Å². The lowest BCUT2D eigenvalue weighted by Crippen LogP contribution is -2.47. The first-order valence-electron chi connectivity index (χ1n) is 3.51. The van der Waals surface area contributed by atoms with Crippen molar-refractivity contribution >= 4 is 6.03 Å². The largest absolute Gasteiger partial charge is 0.394 e. The summed E-state index contributed by atoms with van der Waals surface area (Å²) in [5.74, 6) is 4.90. The van der Waals surface area contributed by atoms with Gasteiger partial charge >= 0.3 is 6.03 Å². The maximum atomic E-state index is 10.8. The molecule has 0 heterocycles. The summed E-state index contributed by atoms with van der Waals surface area (Å²) in [7, 11) is 1.59.